The Morgan fingerprint density at radius 1 is 1.41 bits per heavy atom. The van der Waals surface area contributed by atoms with E-state index in [1.165, 1.54) is 12.1 Å². The van der Waals surface area contributed by atoms with Crippen molar-refractivity contribution < 1.29 is 9.13 Å². The molecule has 1 aromatic carbocycles. The maximum atomic E-state index is 13.0. The number of hydrogen-bond donors (Lipinski definition) is 1. The molecule has 2 N–H and O–H groups in total. The van der Waals surface area contributed by atoms with Gasteiger partial charge in [0.25, 0.3) is 0 Å². The molecule has 17 heavy (non-hydrogen) atoms. The Balaban J connectivity index is 2.08. The maximum Gasteiger partial charge on any atom is 0.157 e. The molecule has 2 aromatic rings. The zero-order valence-electron chi connectivity index (χ0n) is 9.56. The number of halogens is 1. The van der Waals surface area contributed by atoms with Gasteiger partial charge < -0.3 is 10.5 Å². The largest absolute Gasteiger partial charge is 0.486 e. The summed E-state index contributed by atoms with van der Waals surface area (Å²) in [6, 6.07) is 4.52. The van der Waals surface area contributed by atoms with Gasteiger partial charge in [0.05, 0.1) is 12.4 Å². The van der Waals surface area contributed by atoms with Gasteiger partial charge in [-0.25, -0.2) is 4.39 Å². The molecule has 0 bridgehead atoms. The molecule has 2 rings (SSSR count). The number of aromatic nitrogens is 2. The van der Waals surface area contributed by atoms with Gasteiger partial charge in [-0.3, -0.25) is 4.68 Å². The Kier molecular flexibility index (Phi) is 3.39. The lowest BCUT2D eigenvalue weighted by molar-refractivity contribution is 0.304. The number of nitrogens with two attached hydrogens (primary N) is 1. The van der Waals surface area contributed by atoms with Gasteiger partial charge in [-0.1, -0.05) is 6.07 Å². The second kappa shape index (κ2) is 4.97. The molecular weight excluding hydrogens is 221 g/mol. The van der Waals surface area contributed by atoms with Crippen molar-refractivity contribution in [1.82, 2.24) is 9.78 Å². The number of hydrogen-bond acceptors (Lipinski definition) is 3. The topological polar surface area (TPSA) is 53.1 Å². The fraction of sp³-hybridized carbons (Fsp3) is 0.250. The summed E-state index contributed by atoms with van der Waals surface area (Å²) < 4.78 is 20.2. The van der Waals surface area contributed by atoms with Gasteiger partial charge in [-0.2, -0.15) is 5.10 Å². The molecule has 1 heterocycles. The highest BCUT2D eigenvalue weighted by atomic mass is 19.1. The van der Waals surface area contributed by atoms with Gasteiger partial charge in [0.15, 0.2) is 5.75 Å². The third-order valence-electron chi connectivity index (χ3n) is 2.46. The fourth-order valence-electron chi connectivity index (χ4n) is 1.56. The molecule has 0 saturated carbocycles. The minimum Gasteiger partial charge on any atom is -0.486 e. The minimum atomic E-state index is -0.282. The Bertz CT molecular complexity index is 510. The Morgan fingerprint density at radius 2 is 2.24 bits per heavy atom. The second-order valence-corrected chi connectivity index (χ2v) is 3.76. The fourth-order valence-corrected chi connectivity index (χ4v) is 1.56. The standard InChI is InChI=1S/C12H14FN3O/c1-16-7-12(6-15-16)17-8-9-2-3-11(13)4-10(9)5-14/h2-4,6-7H,5,8,14H2,1H3. The predicted molar refractivity (Wildman–Crippen MR) is 61.8 cm³/mol. The zero-order valence-corrected chi connectivity index (χ0v) is 9.56. The molecule has 90 valence electrons. The smallest absolute Gasteiger partial charge is 0.157 e. The number of ether oxygens (including phenoxy) is 1. The third kappa shape index (κ3) is 2.82. The van der Waals surface area contributed by atoms with Crippen LogP contribution >= 0.6 is 0 Å². The molecule has 0 amide bonds. The molecule has 0 radical (unpaired) electrons. The van der Waals surface area contributed by atoms with Crippen molar-refractivity contribution in [2.75, 3.05) is 0 Å². The molecule has 0 aliphatic rings. The van der Waals surface area contributed by atoms with E-state index in [-0.39, 0.29) is 5.82 Å². The first-order valence-electron chi connectivity index (χ1n) is 5.28. The van der Waals surface area contributed by atoms with Crippen molar-refractivity contribution in [3.63, 3.8) is 0 Å². The van der Waals surface area contributed by atoms with E-state index >= 15 is 0 Å². The molecule has 1 aromatic heterocycles. The van der Waals surface area contributed by atoms with Crippen LogP contribution in [-0.2, 0) is 20.2 Å². The van der Waals surface area contributed by atoms with Crippen LogP contribution in [-0.4, -0.2) is 9.78 Å². The van der Waals surface area contributed by atoms with E-state index in [1.807, 2.05) is 7.05 Å². The number of nitrogens with zero attached hydrogens (tertiary/aromatic N) is 2. The van der Waals surface area contributed by atoms with Crippen molar-refractivity contribution in [2.45, 2.75) is 13.2 Å². The molecule has 0 aliphatic heterocycles. The summed E-state index contributed by atoms with van der Waals surface area (Å²) in [6.07, 6.45) is 3.40. The lowest BCUT2D eigenvalue weighted by Gasteiger charge is -2.08. The van der Waals surface area contributed by atoms with Crippen LogP contribution in [0.3, 0.4) is 0 Å². The summed E-state index contributed by atoms with van der Waals surface area (Å²) in [6.45, 7) is 0.655. The van der Waals surface area contributed by atoms with Crippen LogP contribution in [0, 0.1) is 5.82 Å². The molecule has 0 aliphatic carbocycles. The van der Waals surface area contributed by atoms with E-state index < -0.39 is 0 Å². The summed E-state index contributed by atoms with van der Waals surface area (Å²) in [4.78, 5) is 0. The summed E-state index contributed by atoms with van der Waals surface area (Å²) in [7, 11) is 1.82. The molecule has 5 heteroatoms. The lowest BCUT2D eigenvalue weighted by Crippen LogP contribution is -2.05. The van der Waals surface area contributed by atoms with Crippen molar-refractivity contribution in [3.05, 3.63) is 47.5 Å². The molecule has 0 saturated heterocycles. The summed E-state index contributed by atoms with van der Waals surface area (Å²) >= 11 is 0. The van der Waals surface area contributed by atoms with E-state index in [2.05, 4.69) is 5.10 Å². The average molecular weight is 235 g/mol. The Hall–Kier alpha value is -1.88. The van der Waals surface area contributed by atoms with Gasteiger partial charge in [0.2, 0.25) is 0 Å². The van der Waals surface area contributed by atoms with E-state index in [9.17, 15) is 4.39 Å². The van der Waals surface area contributed by atoms with Crippen LogP contribution in [0.15, 0.2) is 30.6 Å². The first-order chi connectivity index (χ1) is 8.19. The van der Waals surface area contributed by atoms with Gasteiger partial charge in [0, 0.05) is 13.6 Å². The minimum absolute atomic E-state index is 0.282. The van der Waals surface area contributed by atoms with Crippen molar-refractivity contribution in [2.24, 2.45) is 12.8 Å². The molecule has 0 fully saturated rings. The predicted octanol–water partition coefficient (Wildman–Crippen LogP) is 1.60. The second-order valence-electron chi connectivity index (χ2n) is 3.76. The SMILES string of the molecule is Cn1cc(OCc2ccc(F)cc2CN)cn1. The number of aryl methyl sites for hydroxylation is 1. The van der Waals surface area contributed by atoms with Gasteiger partial charge in [-0.05, 0) is 23.3 Å². The van der Waals surface area contributed by atoms with E-state index in [4.69, 9.17) is 10.5 Å². The highest BCUT2D eigenvalue weighted by Gasteiger charge is 2.04. The number of rotatable bonds is 4. The van der Waals surface area contributed by atoms with Gasteiger partial charge in [0.1, 0.15) is 12.4 Å². The van der Waals surface area contributed by atoms with Crippen LogP contribution < -0.4 is 10.5 Å². The van der Waals surface area contributed by atoms with E-state index in [0.717, 1.165) is 11.1 Å². The van der Waals surface area contributed by atoms with E-state index in [1.54, 1.807) is 23.1 Å². The average Bonchev–Trinajstić information content (AvgIpc) is 2.73. The van der Waals surface area contributed by atoms with Crippen molar-refractivity contribution in [1.29, 1.82) is 0 Å². The van der Waals surface area contributed by atoms with Gasteiger partial charge in [-0.15, -0.1) is 0 Å². The van der Waals surface area contributed by atoms with Crippen LogP contribution in [0.2, 0.25) is 0 Å². The van der Waals surface area contributed by atoms with Crippen molar-refractivity contribution >= 4 is 0 Å². The molecule has 0 spiro atoms. The van der Waals surface area contributed by atoms with Gasteiger partial charge >= 0.3 is 0 Å². The van der Waals surface area contributed by atoms with Crippen LogP contribution in [0.4, 0.5) is 4.39 Å². The first kappa shape index (κ1) is 11.6. The zero-order chi connectivity index (χ0) is 12.3. The molecule has 0 atom stereocenters. The molecule has 4 nitrogen and oxygen atoms in total. The lowest BCUT2D eigenvalue weighted by atomic mass is 10.1. The third-order valence-corrected chi connectivity index (χ3v) is 2.46. The highest BCUT2D eigenvalue weighted by Crippen LogP contribution is 2.15. The van der Waals surface area contributed by atoms with Crippen LogP contribution in [0.5, 0.6) is 5.75 Å². The monoisotopic (exact) mass is 235 g/mol. The Labute approximate surface area is 98.8 Å². The molecular formula is C12H14FN3O. The summed E-state index contributed by atoms with van der Waals surface area (Å²) in [5.74, 6) is 0.398. The number of benzene rings is 1. The normalized spacial score (nSPS) is 10.5. The summed E-state index contributed by atoms with van der Waals surface area (Å²) in [5.41, 5.74) is 7.20. The van der Waals surface area contributed by atoms with E-state index in [0.29, 0.717) is 18.9 Å². The maximum absolute atomic E-state index is 13.0. The van der Waals surface area contributed by atoms with Crippen molar-refractivity contribution in [3.8, 4) is 5.75 Å². The van der Waals surface area contributed by atoms with Crippen LogP contribution in [0.25, 0.3) is 0 Å². The first-order valence-corrected chi connectivity index (χ1v) is 5.28. The Morgan fingerprint density at radius 3 is 2.88 bits per heavy atom. The highest BCUT2D eigenvalue weighted by molar-refractivity contribution is 5.28. The summed E-state index contributed by atoms with van der Waals surface area (Å²) in [5, 5.41) is 3.99. The quantitative estimate of drug-likeness (QED) is 0.875. The van der Waals surface area contributed by atoms with Crippen LogP contribution in [0.1, 0.15) is 11.1 Å². The molecule has 0 unspecified atom stereocenters.